The lowest BCUT2D eigenvalue weighted by Gasteiger charge is -2.20. The first-order chi connectivity index (χ1) is 13.3. The second-order valence-corrected chi connectivity index (χ2v) is 6.90. The number of ketones is 1. The van der Waals surface area contributed by atoms with Crippen molar-refractivity contribution in [2.45, 2.75) is 38.6 Å². The molecule has 1 aliphatic rings. The first-order valence-electron chi connectivity index (χ1n) is 8.98. The van der Waals surface area contributed by atoms with Crippen LogP contribution in [-0.2, 0) is 9.53 Å². The third-order valence-electron chi connectivity index (χ3n) is 4.90. The summed E-state index contributed by atoms with van der Waals surface area (Å²) in [4.78, 5) is 24.8. The summed E-state index contributed by atoms with van der Waals surface area (Å²) in [7, 11) is 0. The van der Waals surface area contributed by atoms with Crippen LogP contribution in [-0.4, -0.2) is 45.4 Å². The number of aliphatic hydroxyl groups is 2. The maximum absolute atomic E-state index is 12.8. The highest BCUT2D eigenvalue weighted by atomic mass is 16.5. The molecule has 0 amide bonds. The van der Waals surface area contributed by atoms with Crippen LogP contribution in [0.4, 0.5) is 0 Å². The van der Waals surface area contributed by atoms with Gasteiger partial charge in [-0.25, -0.2) is 4.79 Å². The molecule has 3 rings (SSSR count). The van der Waals surface area contributed by atoms with Crippen LogP contribution in [0.1, 0.15) is 36.2 Å². The van der Waals surface area contributed by atoms with Crippen molar-refractivity contribution in [1.29, 1.82) is 0 Å². The number of phenols is 1. The van der Waals surface area contributed by atoms with Crippen LogP contribution in [0.3, 0.4) is 0 Å². The van der Waals surface area contributed by atoms with Crippen molar-refractivity contribution in [3.05, 3.63) is 47.8 Å². The number of ether oxygens (including phenoxy) is 1. The van der Waals surface area contributed by atoms with Gasteiger partial charge in [0.1, 0.15) is 29.1 Å². The zero-order valence-electron chi connectivity index (χ0n) is 15.5. The number of aliphatic hydroxyl groups excluding tert-OH is 2. The fourth-order valence-electron chi connectivity index (χ4n) is 2.99. The lowest BCUT2D eigenvalue weighted by atomic mass is 9.98. The van der Waals surface area contributed by atoms with Crippen molar-refractivity contribution in [2.24, 2.45) is 5.92 Å². The summed E-state index contributed by atoms with van der Waals surface area (Å²) >= 11 is 0. The van der Waals surface area contributed by atoms with Crippen molar-refractivity contribution in [3.63, 3.8) is 0 Å². The van der Waals surface area contributed by atoms with Crippen molar-refractivity contribution in [3.8, 4) is 5.75 Å². The SMILES string of the molecule is C[C@@H]1/C=C\C(=O)[C@@H](O)[C@@H](O)C/C=C/c2c(c(O)cc3occc23)C(=O)O[C@H]1C. The number of cyclic esters (lactones) is 1. The molecule has 0 fully saturated rings. The van der Waals surface area contributed by atoms with Crippen LogP contribution < -0.4 is 0 Å². The van der Waals surface area contributed by atoms with Crippen LogP contribution in [0.15, 0.2) is 41.0 Å². The lowest BCUT2D eigenvalue weighted by molar-refractivity contribution is -0.127. The predicted molar refractivity (Wildman–Crippen MR) is 102 cm³/mol. The van der Waals surface area contributed by atoms with Gasteiger partial charge in [0.15, 0.2) is 5.78 Å². The molecule has 3 N–H and O–H groups in total. The van der Waals surface area contributed by atoms with Gasteiger partial charge in [0.2, 0.25) is 0 Å². The van der Waals surface area contributed by atoms with Crippen molar-refractivity contribution < 1.29 is 34.1 Å². The molecule has 0 bridgehead atoms. The summed E-state index contributed by atoms with van der Waals surface area (Å²) in [6.45, 7) is 3.41. The number of hydrogen-bond acceptors (Lipinski definition) is 7. The number of rotatable bonds is 0. The minimum atomic E-state index is -1.56. The molecule has 2 aromatic rings. The third-order valence-corrected chi connectivity index (χ3v) is 4.90. The molecule has 0 saturated carbocycles. The minimum Gasteiger partial charge on any atom is -0.507 e. The Morgan fingerprint density at radius 3 is 2.64 bits per heavy atom. The quantitative estimate of drug-likeness (QED) is 0.596. The summed E-state index contributed by atoms with van der Waals surface area (Å²) in [5, 5.41) is 31.1. The number of fused-ring (bicyclic) bond motifs is 3. The van der Waals surface area contributed by atoms with E-state index in [2.05, 4.69) is 0 Å². The fraction of sp³-hybridized carbons (Fsp3) is 0.333. The van der Waals surface area contributed by atoms with Crippen LogP contribution in [0.25, 0.3) is 17.0 Å². The Morgan fingerprint density at radius 2 is 1.89 bits per heavy atom. The molecular weight excluding hydrogens is 364 g/mol. The summed E-state index contributed by atoms with van der Waals surface area (Å²) < 4.78 is 10.8. The Labute approximate surface area is 161 Å². The molecule has 7 nitrogen and oxygen atoms in total. The van der Waals surface area contributed by atoms with E-state index in [9.17, 15) is 24.9 Å². The fourth-order valence-corrected chi connectivity index (χ4v) is 2.99. The van der Waals surface area contributed by atoms with Gasteiger partial charge in [0.05, 0.1) is 12.4 Å². The van der Waals surface area contributed by atoms with Gasteiger partial charge in [0.25, 0.3) is 0 Å². The minimum absolute atomic E-state index is 0.0173. The van der Waals surface area contributed by atoms with E-state index in [1.54, 1.807) is 19.9 Å². The van der Waals surface area contributed by atoms with Gasteiger partial charge >= 0.3 is 5.97 Å². The Bertz CT molecular complexity index is 953. The molecule has 7 heteroatoms. The number of carbonyl (C=O) groups is 2. The Hall–Kier alpha value is -2.90. The van der Waals surface area contributed by atoms with Crippen LogP contribution in [0.2, 0.25) is 0 Å². The van der Waals surface area contributed by atoms with E-state index in [-0.39, 0.29) is 23.7 Å². The number of esters is 1. The molecule has 1 aromatic heterocycles. The largest absolute Gasteiger partial charge is 0.507 e. The van der Waals surface area contributed by atoms with Gasteiger partial charge in [-0.3, -0.25) is 4.79 Å². The highest BCUT2D eigenvalue weighted by Gasteiger charge is 2.26. The number of furan rings is 1. The van der Waals surface area contributed by atoms with Crippen LogP contribution >= 0.6 is 0 Å². The zero-order valence-corrected chi connectivity index (χ0v) is 15.5. The molecule has 0 saturated heterocycles. The Morgan fingerprint density at radius 1 is 1.14 bits per heavy atom. The molecule has 2 heterocycles. The zero-order chi connectivity index (χ0) is 20.4. The summed E-state index contributed by atoms with van der Waals surface area (Å²) in [6, 6.07) is 3.00. The van der Waals surface area contributed by atoms with Gasteiger partial charge in [-0.15, -0.1) is 0 Å². The van der Waals surface area contributed by atoms with Gasteiger partial charge in [-0.1, -0.05) is 25.2 Å². The predicted octanol–water partition coefficient (Wildman–Crippen LogP) is 2.58. The molecule has 28 heavy (non-hydrogen) atoms. The third kappa shape index (κ3) is 3.85. The van der Waals surface area contributed by atoms with Crippen molar-refractivity contribution in [1.82, 2.24) is 0 Å². The molecular formula is C21H22O7. The molecule has 148 valence electrons. The van der Waals surface area contributed by atoms with Crippen molar-refractivity contribution in [2.75, 3.05) is 0 Å². The van der Waals surface area contributed by atoms with Gasteiger partial charge in [0, 0.05) is 22.9 Å². The molecule has 0 radical (unpaired) electrons. The summed E-state index contributed by atoms with van der Waals surface area (Å²) in [5.74, 6) is -1.96. The second-order valence-electron chi connectivity index (χ2n) is 6.90. The van der Waals surface area contributed by atoms with Crippen molar-refractivity contribution >= 4 is 28.8 Å². The number of benzene rings is 1. The molecule has 0 aliphatic carbocycles. The first-order valence-corrected chi connectivity index (χ1v) is 8.98. The first kappa shape index (κ1) is 19.9. The van der Waals surface area contributed by atoms with E-state index in [0.717, 1.165) is 0 Å². The maximum Gasteiger partial charge on any atom is 0.342 e. The van der Waals surface area contributed by atoms with Crippen LogP contribution in [0, 0.1) is 5.92 Å². The Balaban J connectivity index is 2.11. The number of aromatic hydroxyl groups is 1. The second kappa shape index (κ2) is 8.00. The molecule has 1 aromatic carbocycles. The lowest BCUT2D eigenvalue weighted by Crippen LogP contribution is -2.32. The number of hydrogen-bond donors (Lipinski definition) is 3. The number of carbonyl (C=O) groups excluding carboxylic acids is 2. The summed E-state index contributed by atoms with van der Waals surface area (Å²) in [6.07, 6.45) is 3.67. The average Bonchev–Trinajstić information content (AvgIpc) is 3.11. The smallest absolute Gasteiger partial charge is 0.342 e. The molecule has 0 unspecified atom stereocenters. The van der Waals surface area contributed by atoms with E-state index >= 15 is 0 Å². The summed E-state index contributed by atoms with van der Waals surface area (Å²) in [5.41, 5.74) is 0.737. The van der Waals surface area contributed by atoms with E-state index in [0.29, 0.717) is 16.5 Å². The molecule has 4 atom stereocenters. The van der Waals surface area contributed by atoms with E-state index in [1.807, 2.05) is 0 Å². The maximum atomic E-state index is 12.8. The van der Waals surface area contributed by atoms with E-state index < -0.39 is 30.1 Å². The average molecular weight is 386 g/mol. The van der Waals surface area contributed by atoms with Crippen LogP contribution in [0.5, 0.6) is 5.75 Å². The van der Waals surface area contributed by atoms with E-state index in [4.69, 9.17) is 9.15 Å². The standard InChI is InChI=1S/C21H22O7/c1-11-6-7-16(23)20(25)15(22)5-3-4-14-13-8-9-27-18(13)10-17(24)19(14)21(26)28-12(11)2/h3-4,6-12,15,20,22,24-25H,5H2,1-2H3/b4-3+,7-6-/t11-,12+,15+,20+/m1/s1. The van der Waals surface area contributed by atoms with Gasteiger partial charge in [-0.2, -0.15) is 0 Å². The monoisotopic (exact) mass is 386 g/mol. The van der Waals surface area contributed by atoms with E-state index in [1.165, 1.54) is 36.6 Å². The van der Waals surface area contributed by atoms with Gasteiger partial charge in [-0.05, 0) is 25.5 Å². The molecule has 0 spiro atoms. The highest BCUT2D eigenvalue weighted by Crippen LogP contribution is 2.33. The topological polar surface area (TPSA) is 117 Å². The Kier molecular flexibility index (Phi) is 5.67. The number of phenolic OH excluding ortho intramolecular Hbond substituents is 1. The van der Waals surface area contributed by atoms with Gasteiger partial charge < -0.3 is 24.5 Å². The highest BCUT2D eigenvalue weighted by molar-refractivity contribution is 6.04. The molecule has 1 aliphatic heterocycles. The normalized spacial score (nSPS) is 29.0.